The lowest BCUT2D eigenvalue weighted by atomic mass is 10.2. The summed E-state index contributed by atoms with van der Waals surface area (Å²) in [5.74, 6) is -1.61. The molecular formula is C14H13N3O4. The van der Waals surface area contributed by atoms with E-state index in [-0.39, 0.29) is 17.7 Å². The molecule has 3 N–H and O–H groups in total. The fourth-order valence-electron chi connectivity index (χ4n) is 1.72. The highest BCUT2D eigenvalue weighted by atomic mass is 16.4. The van der Waals surface area contributed by atoms with Gasteiger partial charge in [0.25, 0.3) is 11.5 Å². The minimum Gasteiger partial charge on any atom is -0.478 e. The first-order valence-corrected chi connectivity index (χ1v) is 6.13. The minimum absolute atomic E-state index is 0.00464. The number of nitrogens with one attached hydrogen (secondary N) is 2. The number of aryl methyl sites for hydroxylation is 1. The molecule has 0 atom stereocenters. The lowest BCUT2D eigenvalue weighted by molar-refractivity contribution is 0.0696. The maximum absolute atomic E-state index is 11.9. The topological polar surface area (TPSA) is 112 Å². The molecule has 2 heterocycles. The van der Waals surface area contributed by atoms with Crippen LogP contribution in [0.5, 0.6) is 0 Å². The Hall–Kier alpha value is -2.96. The Kier molecular flexibility index (Phi) is 4.13. The molecule has 0 spiro atoms. The highest BCUT2D eigenvalue weighted by Gasteiger charge is 2.11. The molecule has 0 aliphatic carbocycles. The Morgan fingerprint density at radius 1 is 1.33 bits per heavy atom. The van der Waals surface area contributed by atoms with Crippen LogP contribution in [0.25, 0.3) is 0 Å². The number of rotatable bonds is 4. The second-order valence-corrected chi connectivity index (χ2v) is 4.41. The van der Waals surface area contributed by atoms with Gasteiger partial charge in [0.05, 0.1) is 17.8 Å². The van der Waals surface area contributed by atoms with Crippen LogP contribution in [-0.2, 0) is 6.54 Å². The van der Waals surface area contributed by atoms with Crippen LogP contribution in [0.15, 0.2) is 35.3 Å². The number of carbonyl (C=O) groups excluding carboxylic acids is 1. The molecule has 7 heteroatoms. The maximum atomic E-state index is 11.9. The number of H-pyrrole nitrogens is 1. The summed E-state index contributed by atoms with van der Waals surface area (Å²) in [5.41, 5.74) is 0.663. The smallest absolute Gasteiger partial charge is 0.335 e. The zero-order valence-electron chi connectivity index (χ0n) is 11.2. The van der Waals surface area contributed by atoms with Crippen molar-refractivity contribution in [2.45, 2.75) is 13.5 Å². The van der Waals surface area contributed by atoms with Gasteiger partial charge in [0, 0.05) is 11.9 Å². The second kappa shape index (κ2) is 6.00. The number of amides is 1. The first-order valence-electron chi connectivity index (χ1n) is 6.13. The zero-order valence-corrected chi connectivity index (χ0v) is 11.2. The molecule has 0 aliphatic heterocycles. The van der Waals surface area contributed by atoms with Crippen LogP contribution < -0.4 is 10.9 Å². The molecule has 0 fully saturated rings. The molecular weight excluding hydrogens is 274 g/mol. The predicted octanol–water partition coefficient (Wildman–Crippen LogP) is 0.707. The van der Waals surface area contributed by atoms with E-state index in [0.29, 0.717) is 11.4 Å². The summed E-state index contributed by atoms with van der Waals surface area (Å²) in [6.45, 7) is 1.75. The highest BCUT2D eigenvalue weighted by Crippen LogP contribution is 2.02. The molecule has 0 saturated carbocycles. The molecule has 0 unspecified atom stereocenters. The van der Waals surface area contributed by atoms with Crippen LogP contribution in [0, 0.1) is 6.92 Å². The molecule has 21 heavy (non-hydrogen) atoms. The summed E-state index contributed by atoms with van der Waals surface area (Å²) in [6, 6.07) is 5.78. The third-order valence-corrected chi connectivity index (χ3v) is 2.79. The molecule has 2 rings (SSSR count). The van der Waals surface area contributed by atoms with Gasteiger partial charge >= 0.3 is 5.97 Å². The number of aromatic nitrogens is 2. The van der Waals surface area contributed by atoms with E-state index in [1.54, 1.807) is 13.0 Å². The van der Waals surface area contributed by atoms with E-state index in [1.807, 2.05) is 0 Å². The summed E-state index contributed by atoms with van der Waals surface area (Å²) in [4.78, 5) is 40.8. The summed E-state index contributed by atoms with van der Waals surface area (Å²) in [7, 11) is 0. The lowest BCUT2D eigenvalue weighted by Gasteiger charge is -2.05. The van der Waals surface area contributed by atoms with E-state index in [9.17, 15) is 14.4 Å². The maximum Gasteiger partial charge on any atom is 0.335 e. The average Bonchev–Trinajstić information content (AvgIpc) is 2.45. The Morgan fingerprint density at radius 3 is 2.76 bits per heavy atom. The van der Waals surface area contributed by atoms with Crippen molar-refractivity contribution < 1.29 is 14.7 Å². The van der Waals surface area contributed by atoms with E-state index < -0.39 is 17.4 Å². The first-order chi connectivity index (χ1) is 9.97. The van der Waals surface area contributed by atoms with Crippen molar-refractivity contribution in [3.63, 3.8) is 0 Å². The Balaban J connectivity index is 2.09. The largest absolute Gasteiger partial charge is 0.478 e. The number of aromatic amines is 1. The third kappa shape index (κ3) is 3.53. The van der Waals surface area contributed by atoms with Crippen LogP contribution in [0.1, 0.15) is 32.1 Å². The van der Waals surface area contributed by atoms with E-state index in [1.165, 1.54) is 24.4 Å². The number of carboxylic acids is 1. The van der Waals surface area contributed by atoms with Crippen molar-refractivity contribution in [3.8, 4) is 0 Å². The fourth-order valence-corrected chi connectivity index (χ4v) is 1.72. The molecule has 0 radical (unpaired) electrons. The molecule has 2 aromatic heterocycles. The van der Waals surface area contributed by atoms with E-state index in [0.717, 1.165) is 0 Å². The summed E-state index contributed by atoms with van der Waals surface area (Å²) >= 11 is 0. The Labute approximate surface area is 119 Å². The van der Waals surface area contributed by atoms with Crippen LogP contribution in [0.2, 0.25) is 0 Å². The van der Waals surface area contributed by atoms with Crippen LogP contribution in [-0.4, -0.2) is 27.0 Å². The number of hydrogen-bond donors (Lipinski definition) is 3. The molecule has 0 aromatic carbocycles. The molecule has 0 saturated heterocycles. The van der Waals surface area contributed by atoms with E-state index in [4.69, 9.17) is 5.11 Å². The molecule has 1 amide bonds. The van der Waals surface area contributed by atoms with Gasteiger partial charge in [-0.15, -0.1) is 0 Å². The molecule has 108 valence electrons. The van der Waals surface area contributed by atoms with Gasteiger partial charge in [-0.1, -0.05) is 0 Å². The Bertz CT molecular complexity index is 752. The first kappa shape index (κ1) is 14.4. The summed E-state index contributed by atoms with van der Waals surface area (Å²) in [6.07, 6.45) is 1.35. The minimum atomic E-state index is -1.07. The highest BCUT2D eigenvalue weighted by molar-refractivity contribution is 5.93. The number of aromatic carboxylic acids is 1. The number of pyridine rings is 2. The number of hydrogen-bond acceptors (Lipinski definition) is 4. The van der Waals surface area contributed by atoms with Crippen molar-refractivity contribution in [1.82, 2.24) is 15.3 Å². The number of carboxylic acid groups (broad SMARTS) is 1. The second-order valence-electron chi connectivity index (χ2n) is 4.41. The predicted molar refractivity (Wildman–Crippen MR) is 74.2 cm³/mol. The van der Waals surface area contributed by atoms with Crippen molar-refractivity contribution >= 4 is 11.9 Å². The standard InChI is InChI=1S/C14H13N3O4/c1-8-2-3-11(13(19)17-8)12(18)16-7-10-6-9(14(20)21)4-5-15-10/h2-6H,7H2,1H3,(H,16,18)(H,17,19)(H,20,21). The SMILES string of the molecule is Cc1ccc(C(=O)NCc2cc(C(=O)O)ccn2)c(=O)[nH]1. The van der Waals surface area contributed by atoms with Gasteiger partial charge in [-0.25, -0.2) is 4.79 Å². The van der Waals surface area contributed by atoms with Crippen molar-refractivity contribution in [1.29, 1.82) is 0 Å². The van der Waals surface area contributed by atoms with Gasteiger partial charge in [0.2, 0.25) is 0 Å². The molecule has 7 nitrogen and oxygen atoms in total. The van der Waals surface area contributed by atoms with Crippen molar-refractivity contribution in [2.24, 2.45) is 0 Å². The number of carbonyl (C=O) groups is 2. The van der Waals surface area contributed by atoms with E-state index in [2.05, 4.69) is 15.3 Å². The van der Waals surface area contributed by atoms with E-state index >= 15 is 0 Å². The van der Waals surface area contributed by atoms with Crippen LogP contribution >= 0.6 is 0 Å². The van der Waals surface area contributed by atoms with Crippen LogP contribution in [0.3, 0.4) is 0 Å². The summed E-state index contributed by atoms with van der Waals surface area (Å²) in [5, 5.41) is 11.4. The van der Waals surface area contributed by atoms with Gasteiger partial charge in [-0.05, 0) is 31.2 Å². The summed E-state index contributed by atoms with van der Waals surface area (Å²) < 4.78 is 0. The zero-order chi connectivity index (χ0) is 15.4. The van der Waals surface area contributed by atoms with Gasteiger partial charge in [-0.3, -0.25) is 14.6 Å². The Morgan fingerprint density at radius 2 is 2.10 bits per heavy atom. The monoisotopic (exact) mass is 287 g/mol. The van der Waals surface area contributed by atoms with Gasteiger partial charge in [0.15, 0.2) is 0 Å². The van der Waals surface area contributed by atoms with Gasteiger partial charge in [0.1, 0.15) is 5.56 Å². The average molecular weight is 287 g/mol. The van der Waals surface area contributed by atoms with Crippen molar-refractivity contribution in [3.05, 3.63) is 63.3 Å². The molecule has 2 aromatic rings. The number of nitrogens with zero attached hydrogens (tertiary/aromatic N) is 1. The molecule has 0 bridgehead atoms. The van der Waals surface area contributed by atoms with Gasteiger partial charge in [-0.2, -0.15) is 0 Å². The third-order valence-electron chi connectivity index (χ3n) is 2.79. The van der Waals surface area contributed by atoms with Gasteiger partial charge < -0.3 is 15.4 Å². The molecule has 0 aliphatic rings. The quantitative estimate of drug-likeness (QED) is 0.766. The van der Waals surface area contributed by atoms with Crippen LogP contribution in [0.4, 0.5) is 0 Å². The normalized spacial score (nSPS) is 10.1. The lowest BCUT2D eigenvalue weighted by Crippen LogP contribution is -2.29. The van der Waals surface area contributed by atoms with Crippen molar-refractivity contribution in [2.75, 3.05) is 0 Å². The fraction of sp³-hybridized carbons (Fsp3) is 0.143.